The fraction of sp³-hybridized carbons (Fsp3) is 0.538. The molecule has 2 aromatic heterocycles. The third-order valence-electron chi connectivity index (χ3n) is 3.88. The predicted molar refractivity (Wildman–Crippen MR) is 80.1 cm³/mol. The summed E-state index contributed by atoms with van der Waals surface area (Å²) in [5.41, 5.74) is 0.664. The number of carbonyl (C=O) groups excluding carboxylic acids is 1. The number of nitrogens with zero attached hydrogens (tertiary/aromatic N) is 6. The molecule has 1 aliphatic rings. The summed E-state index contributed by atoms with van der Waals surface area (Å²) in [5, 5.41) is 15.8. The predicted octanol–water partition coefficient (Wildman–Crippen LogP) is 0.104. The standard InChI is InChI=1S/C13H18ClN7O/c1-8-16-17-12-7-19(2)11(6-21(8)12)13(22)15-4-10-9(14)5-20(3)18-10/h5,11H,4,6-7H2,1-3H3,(H,15,22). The molecule has 22 heavy (non-hydrogen) atoms. The minimum absolute atomic E-state index is 0.0528. The Morgan fingerprint density at radius 2 is 2.23 bits per heavy atom. The van der Waals surface area contributed by atoms with Gasteiger partial charge in [0.05, 0.1) is 24.7 Å². The van der Waals surface area contributed by atoms with Crippen LogP contribution in [0, 0.1) is 6.92 Å². The Bertz CT molecular complexity index is 707. The number of fused-ring (bicyclic) bond motifs is 1. The van der Waals surface area contributed by atoms with Crippen molar-refractivity contribution in [2.75, 3.05) is 7.05 Å². The van der Waals surface area contributed by atoms with Gasteiger partial charge < -0.3 is 9.88 Å². The normalized spacial score (nSPS) is 18.3. The number of carbonyl (C=O) groups is 1. The summed E-state index contributed by atoms with van der Waals surface area (Å²) in [4.78, 5) is 14.4. The second kappa shape index (κ2) is 5.69. The Morgan fingerprint density at radius 1 is 1.45 bits per heavy atom. The lowest BCUT2D eigenvalue weighted by molar-refractivity contribution is -0.127. The van der Waals surface area contributed by atoms with Gasteiger partial charge >= 0.3 is 0 Å². The molecule has 0 spiro atoms. The average Bonchev–Trinajstić information content (AvgIpc) is 2.98. The van der Waals surface area contributed by atoms with Crippen molar-refractivity contribution in [1.29, 1.82) is 0 Å². The van der Waals surface area contributed by atoms with Gasteiger partial charge in [-0.25, -0.2) is 0 Å². The summed E-state index contributed by atoms with van der Waals surface area (Å²) >= 11 is 6.05. The minimum Gasteiger partial charge on any atom is -0.349 e. The van der Waals surface area contributed by atoms with Gasteiger partial charge in [0.1, 0.15) is 23.4 Å². The van der Waals surface area contributed by atoms with Crippen LogP contribution in [0.25, 0.3) is 0 Å². The third kappa shape index (κ3) is 2.71. The Morgan fingerprint density at radius 3 is 2.91 bits per heavy atom. The molecule has 1 unspecified atom stereocenters. The van der Waals surface area contributed by atoms with Gasteiger partial charge in [0.25, 0.3) is 0 Å². The van der Waals surface area contributed by atoms with Crippen LogP contribution in [0.1, 0.15) is 17.3 Å². The number of aromatic nitrogens is 5. The van der Waals surface area contributed by atoms with E-state index in [9.17, 15) is 4.79 Å². The number of hydrogen-bond donors (Lipinski definition) is 1. The molecule has 1 aliphatic heterocycles. The molecule has 3 rings (SSSR count). The van der Waals surface area contributed by atoms with Crippen molar-refractivity contribution in [2.45, 2.75) is 32.6 Å². The Labute approximate surface area is 133 Å². The van der Waals surface area contributed by atoms with Crippen molar-refractivity contribution < 1.29 is 4.79 Å². The summed E-state index contributed by atoms with van der Waals surface area (Å²) in [6.07, 6.45) is 1.71. The summed E-state index contributed by atoms with van der Waals surface area (Å²) in [5.74, 6) is 1.66. The second-order valence-corrected chi connectivity index (χ2v) is 5.93. The molecule has 0 aliphatic carbocycles. The van der Waals surface area contributed by atoms with E-state index in [2.05, 4.69) is 20.6 Å². The van der Waals surface area contributed by atoms with Crippen molar-refractivity contribution in [3.63, 3.8) is 0 Å². The summed E-state index contributed by atoms with van der Waals surface area (Å²) in [6, 6.07) is -0.260. The van der Waals surface area contributed by atoms with Gasteiger partial charge in [0.15, 0.2) is 0 Å². The first kappa shape index (κ1) is 15.0. The summed E-state index contributed by atoms with van der Waals surface area (Å²) < 4.78 is 3.61. The lowest BCUT2D eigenvalue weighted by Crippen LogP contribution is -2.50. The van der Waals surface area contributed by atoms with Gasteiger partial charge in [-0.2, -0.15) is 5.10 Å². The van der Waals surface area contributed by atoms with Gasteiger partial charge in [0.2, 0.25) is 5.91 Å². The van der Waals surface area contributed by atoms with Crippen molar-refractivity contribution in [1.82, 2.24) is 34.8 Å². The van der Waals surface area contributed by atoms with E-state index in [0.29, 0.717) is 30.4 Å². The fourth-order valence-electron chi connectivity index (χ4n) is 2.62. The molecule has 0 saturated heterocycles. The Hall–Kier alpha value is -1.93. The number of halogens is 1. The molecule has 0 saturated carbocycles. The summed E-state index contributed by atoms with van der Waals surface area (Å²) in [7, 11) is 3.70. The zero-order chi connectivity index (χ0) is 15.9. The molecule has 118 valence electrons. The number of amides is 1. The largest absolute Gasteiger partial charge is 0.349 e. The van der Waals surface area contributed by atoms with Crippen LogP contribution in [-0.2, 0) is 31.5 Å². The smallest absolute Gasteiger partial charge is 0.239 e. The molecule has 8 nitrogen and oxygen atoms in total. The fourth-order valence-corrected chi connectivity index (χ4v) is 2.87. The first-order chi connectivity index (χ1) is 10.5. The van der Waals surface area contributed by atoms with Crippen LogP contribution in [0.15, 0.2) is 6.20 Å². The molecule has 0 aromatic carbocycles. The molecule has 0 fully saturated rings. The first-order valence-electron chi connectivity index (χ1n) is 7.00. The molecular weight excluding hydrogens is 306 g/mol. The molecule has 1 atom stereocenters. The maximum absolute atomic E-state index is 12.5. The molecule has 2 aromatic rings. The summed E-state index contributed by atoms with van der Waals surface area (Å²) in [6.45, 7) is 3.36. The van der Waals surface area contributed by atoms with E-state index in [1.165, 1.54) is 0 Å². The van der Waals surface area contributed by atoms with E-state index < -0.39 is 0 Å². The van der Waals surface area contributed by atoms with Crippen LogP contribution < -0.4 is 5.32 Å². The van der Waals surface area contributed by atoms with E-state index in [-0.39, 0.29) is 11.9 Å². The zero-order valence-corrected chi connectivity index (χ0v) is 13.5. The van der Waals surface area contributed by atoms with Crippen LogP contribution in [0.5, 0.6) is 0 Å². The van der Waals surface area contributed by atoms with Gasteiger partial charge in [-0.05, 0) is 14.0 Å². The maximum Gasteiger partial charge on any atom is 0.239 e. The zero-order valence-electron chi connectivity index (χ0n) is 12.7. The van der Waals surface area contributed by atoms with Crippen LogP contribution in [0.4, 0.5) is 0 Å². The highest BCUT2D eigenvalue weighted by atomic mass is 35.5. The van der Waals surface area contributed by atoms with Crippen LogP contribution >= 0.6 is 11.6 Å². The van der Waals surface area contributed by atoms with E-state index >= 15 is 0 Å². The topological polar surface area (TPSA) is 80.9 Å². The highest BCUT2D eigenvalue weighted by molar-refractivity contribution is 6.31. The Kier molecular flexibility index (Phi) is 3.88. The van der Waals surface area contributed by atoms with Gasteiger partial charge in [0, 0.05) is 13.2 Å². The van der Waals surface area contributed by atoms with Crippen molar-refractivity contribution in [2.24, 2.45) is 7.05 Å². The lowest BCUT2D eigenvalue weighted by Gasteiger charge is -2.32. The molecule has 3 heterocycles. The van der Waals surface area contributed by atoms with Crippen molar-refractivity contribution >= 4 is 17.5 Å². The Balaban J connectivity index is 1.67. The first-order valence-corrected chi connectivity index (χ1v) is 7.38. The molecule has 9 heteroatoms. The highest BCUT2D eigenvalue weighted by Crippen LogP contribution is 2.17. The molecular formula is C13H18ClN7O. The number of likely N-dealkylation sites (N-methyl/N-ethyl adjacent to an activating group) is 1. The number of rotatable bonds is 3. The lowest BCUT2D eigenvalue weighted by atomic mass is 10.2. The van der Waals surface area contributed by atoms with Gasteiger partial charge in [-0.15, -0.1) is 10.2 Å². The maximum atomic E-state index is 12.5. The number of aryl methyl sites for hydroxylation is 2. The number of nitrogens with one attached hydrogen (secondary N) is 1. The van der Waals surface area contributed by atoms with Gasteiger partial charge in [-0.3, -0.25) is 14.4 Å². The van der Waals surface area contributed by atoms with E-state index in [1.807, 2.05) is 23.4 Å². The van der Waals surface area contributed by atoms with Crippen molar-refractivity contribution in [3.8, 4) is 0 Å². The molecule has 0 bridgehead atoms. The molecule has 0 radical (unpaired) electrons. The minimum atomic E-state index is -0.260. The molecule has 1 amide bonds. The SMILES string of the molecule is Cc1nnc2n1CC(C(=O)NCc1nn(C)cc1Cl)N(C)C2. The van der Waals surface area contributed by atoms with Crippen LogP contribution in [0.2, 0.25) is 5.02 Å². The van der Waals surface area contributed by atoms with Gasteiger partial charge in [-0.1, -0.05) is 11.6 Å². The third-order valence-corrected chi connectivity index (χ3v) is 4.19. The van der Waals surface area contributed by atoms with E-state index in [0.717, 1.165) is 11.6 Å². The monoisotopic (exact) mass is 323 g/mol. The highest BCUT2D eigenvalue weighted by Gasteiger charge is 2.31. The second-order valence-electron chi connectivity index (χ2n) is 5.52. The van der Waals surface area contributed by atoms with Crippen molar-refractivity contribution in [3.05, 3.63) is 28.6 Å². The van der Waals surface area contributed by atoms with Crippen LogP contribution in [0.3, 0.4) is 0 Å². The van der Waals surface area contributed by atoms with E-state index in [1.54, 1.807) is 17.9 Å². The van der Waals surface area contributed by atoms with Crippen LogP contribution in [-0.4, -0.2) is 48.4 Å². The molecule has 1 N–H and O–H groups in total. The van der Waals surface area contributed by atoms with E-state index in [4.69, 9.17) is 11.6 Å². The quantitative estimate of drug-likeness (QED) is 0.866. The number of hydrogen-bond acceptors (Lipinski definition) is 5. The average molecular weight is 324 g/mol.